The molecule has 0 aliphatic carbocycles. The zero-order chi connectivity index (χ0) is 16.7. The molecule has 2 amide bonds. The van der Waals surface area contributed by atoms with E-state index < -0.39 is 0 Å². The van der Waals surface area contributed by atoms with E-state index in [0.29, 0.717) is 37.8 Å². The van der Waals surface area contributed by atoms with Crippen molar-refractivity contribution in [1.29, 1.82) is 0 Å². The summed E-state index contributed by atoms with van der Waals surface area (Å²) in [6.45, 7) is 5.71. The maximum atomic E-state index is 11.8. The van der Waals surface area contributed by atoms with Crippen molar-refractivity contribution < 1.29 is 13.9 Å². The van der Waals surface area contributed by atoms with Crippen molar-refractivity contribution in [3.8, 4) is 17.2 Å². The van der Waals surface area contributed by atoms with Gasteiger partial charge in [-0.25, -0.2) is 4.79 Å². The number of benzene rings is 1. The van der Waals surface area contributed by atoms with E-state index in [9.17, 15) is 4.79 Å². The van der Waals surface area contributed by atoms with Crippen LogP contribution in [0.1, 0.15) is 19.7 Å². The smallest absolute Gasteiger partial charge is 0.317 e. The Hall–Kier alpha value is -2.57. The van der Waals surface area contributed by atoms with Crippen molar-refractivity contribution in [2.24, 2.45) is 0 Å². The van der Waals surface area contributed by atoms with Crippen molar-refractivity contribution in [2.45, 2.75) is 20.3 Å². The van der Waals surface area contributed by atoms with Gasteiger partial charge in [0.1, 0.15) is 5.75 Å². The predicted octanol–water partition coefficient (Wildman–Crippen LogP) is 2.34. The molecule has 7 heteroatoms. The third-order valence-electron chi connectivity index (χ3n) is 3.45. The minimum Gasteiger partial charge on any atom is -0.497 e. The van der Waals surface area contributed by atoms with Crippen LogP contribution in [0.4, 0.5) is 4.79 Å². The van der Waals surface area contributed by atoms with Crippen LogP contribution < -0.4 is 10.1 Å². The Bertz CT molecular complexity index is 638. The molecule has 7 nitrogen and oxygen atoms in total. The van der Waals surface area contributed by atoms with E-state index in [0.717, 1.165) is 11.3 Å². The summed E-state index contributed by atoms with van der Waals surface area (Å²) in [7, 11) is 1.61. The third-order valence-corrected chi connectivity index (χ3v) is 3.45. The first-order valence-electron chi connectivity index (χ1n) is 7.67. The van der Waals surface area contributed by atoms with Crippen LogP contribution in [-0.2, 0) is 6.42 Å². The van der Waals surface area contributed by atoms with Gasteiger partial charge in [0, 0.05) is 31.6 Å². The largest absolute Gasteiger partial charge is 0.497 e. The van der Waals surface area contributed by atoms with Crippen molar-refractivity contribution in [2.75, 3.05) is 26.7 Å². The van der Waals surface area contributed by atoms with Gasteiger partial charge in [-0.1, -0.05) is 6.07 Å². The fraction of sp³-hybridized carbons (Fsp3) is 0.438. The monoisotopic (exact) mass is 318 g/mol. The lowest BCUT2D eigenvalue weighted by Crippen LogP contribution is -2.40. The van der Waals surface area contributed by atoms with Crippen LogP contribution in [0.3, 0.4) is 0 Å². The molecule has 23 heavy (non-hydrogen) atoms. The number of ether oxygens (including phenoxy) is 1. The number of carbonyl (C=O) groups is 1. The molecule has 0 atom stereocenters. The number of urea groups is 1. The molecular weight excluding hydrogens is 296 g/mol. The fourth-order valence-electron chi connectivity index (χ4n) is 2.13. The first-order chi connectivity index (χ1) is 11.2. The Morgan fingerprint density at radius 3 is 2.78 bits per heavy atom. The average molecular weight is 318 g/mol. The molecule has 1 aromatic heterocycles. The number of methoxy groups -OCH3 is 1. The Morgan fingerprint density at radius 1 is 1.30 bits per heavy atom. The van der Waals surface area contributed by atoms with E-state index in [4.69, 9.17) is 9.15 Å². The van der Waals surface area contributed by atoms with E-state index in [1.54, 1.807) is 12.0 Å². The maximum absolute atomic E-state index is 11.8. The second-order valence-electron chi connectivity index (χ2n) is 4.89. The number of nitrogens with zero attached hydrogens (tertiary/aromatic N) is 3. The van der Waals surface area contributed by atoms with Crippen LogP contribution >= 0.6 is 0 Å². The van der Waals surface area contributed by atoms with Gasteiger partial charge < -0.3 is 19.4 Å². The zero-order valence-corrected chi connectivity index (χ0v) is 13.7. The fourth-order valence-corrected chi connectivity index (χ4v) is 2.13. The van der Waals surface area contributed by atoms with E-state index in [2.05, 4.69) is 15.5 Å². The molecule has 0 fully saturated rings. The van der Waals surface area contributed by atoms with Crippen molar-refractivity contribution in [3.63, 3.8) is 0 Å². The number of hydrogen-bond donors (Lipinski definition) is 1. The summed E-state index contributed by atoms with van der Waals surface area (Å²) < 4.78 is 10.8. The predicted molar refractivity (Wildman–Crippen MR) is 86.3 cm³/mol. The van der Waals surface area contributed by atoms with E-state index in [1.165, 1.54) is 0 Å². The molecule has 0 aliphatic heterocycles. The van der Waals surface area contributed by atoms with E-state index >= 15 is 0 Å². The van der Waals surface area contributed by atoms with Gasteiger partial charge in [-0.2, -0.15) is 0 Å². The Labute approximate surface area is 135 Å². The maximum Gasteiger partial charge on any atom is 0.317 e. The summed E-state index contributed by atoms with van der Waals surface area (Å²) in [6.07, 6.45) is 0.490. The summed E-state index contributed by atoms with van der Waals surface area (Å²) in [5.41, 5.74) is 0.801. The van der Waals surface area contributed by atoms with Gasteiger partial charge in [-0.15, -0.1) is 10.2 Å². The SMILES string of the molecule is CCN(CC)C(=O)NCCc1nnc(-c2cccc(OC)c2)o1. The lowest BCUT2D eigenvalue weighted by molar-refractivity contribution is 0.203. The van der Waals surface area contributed by atoms with Gasteiger partial charge >= 0.3 is 6.03 Å². The molecule has 0 aliphatic rings. The molecular formula is C16H22N4O3. The van der Waals surface area contributed by atoms with Crippen LogP contribution in [0.2, 0.25) is 0 Å². The molecule has 1 aromatic carbocycles. The molecule has 0 saturated carbocycles. The van der Waals surface area contributed by atoms with Crippen LogP contribution in [0.25, 0.3) is 11.5 Å². The van der Waals surface area contributed by atoms with Crippen LogP contribution in [0, 0.1) is 0 Å². The highest BCUT2D eigenvalue weighted by Gasteiger charge is 2.11. The van der Waals surface area contributed by atoms with Gasteiger partial charge in [0.25, 0.3) is 0 Å². The van der Waals surface area contributed by atoms with Gasteiger partial charge in [-0.3, -0.25) is 0 Å². The third kappa shape index (κ3) is 4.45. The number of aromatic nitrogens is 2. The molecule has 0 saturated heterocycles. The normalized spacial score (nSPS) is 10.4. The quantitative estimate of drug-likeness (QED) is 0.847. The second-order valence-corrected chi connectivity index (χ2v) is 4.89. The van der Waals surface area contributed by atoms with Gasteiger partial charge in [0.2, 0.25) is 11.8 Å². The van der Waals surface area contributed by atoms with E-state index in [-0.39, 0.29) is 6.03 Å². The highest BCUT2D eigenvalue weighted by molar-refractivity contribution is 5.74. The Morgan fingerprint density at radius 2 is 2.09 bits per heavy atom. The number of hydrogen-bond acceptors (Lipinski definition) is 5. The Kier molecular flexibility index (Phi) is 5.96. The average Bonchev–Trinajstić information content (AvgIpc) is 3.05. The number of carbonyl (C=O) groups excluding carboxylic acids is 1. The van der Waals surface area contributed by atoms with Crippen molar-refractivity contribution in [1.82, 2.24) is 20.4 Å². The summed E-state index contributed by atoms with van der Waals surface area (Å²) in [5.74, 6) is 1.66. The first kappa shape index (κ1) is 16.8. The molecule has 0 bridgehead atoms. The Balaban J connectivity index is 1.91. The summed E-state index contributed by atoms with van der Waals surface area (Å²) >= 11 is 0. The lowest BCUT2D eigenvalue weighted by Gasteiger charge is -2.18. The second kappa shape index (κ2) is 8.17. The van der Waals surface area contributed by atoms with Crippen LogP contribution in [-0.4, -0.2) is 47.9 Å². The molecule has 124 valence electrons. The zero-order valence-electron chi connectivity index (χ0n) is 13.7. The number of rotatable bonds is 7. The van der Waals surface area contributed by atoms with Crippen molar-refractivity contribution in [3.05, 3.63) is 30.2 Å². The standard InChI is InChI=1S/C16H22N4O3/c1-4-20(5-2)16(21)17-10-9-14-18-19-15(23-14)12-7-6-8-13(11-12)22-3/h6-8,11H,4-5,9-10H2,1-3H3,(H,17,21). The number of nitrogens with one attached hydrogen (secondary N) is 1. The molecule has 0 unspecified atom stereocenters. The topological polar surface area (TPSA) is 80.5 Å². The van der Waals surface area contributed by atoms with Gasteiger partial charge in [0.15, 0.2) is 0 Å². The minimum atomic E-state index is -0.0810. The van der Waals surface area contributed by atoms with Gasteiger partial charge in [-0.05, 0) is 32.0 Å². The van der Waals surface area contributed by atoms with Crippen LogP contribution in [0.15, 0.2) is 28.7 Å². The molecule has 1 N–H and O–H groups in total. The summed E-state index contributed by atoms with van der Waals surface area (Å²) in [5, 5.41) is 10.9. The van der Waals surface area contributed by atoms with E-state index in [1.807, 2.05) is 38.1 Å². The highest BCUT2D eigenvalue weighted by atomic mass is 16.5. The lowest BCUT2D eigenvalue weighted by atomic mass is 10.2. The molecule has 2 aromatic rings. The van der Waals surface area contributed by atoms with Crippen molar-refractivity contribution >= 4 is 6.03 Å². The minimum absolute atomic E-state index is 0.0810. The first-order valence-corrected chi connectivity index (χ1v) is 7.67. The molecule has 2 rings (SSSR count). The number of amides is 2. The summed E-state index contributed by atoms with van der Waals surface area (Å²) in [4.78, 5) is 13.5. The van der Waals surface area contributed by atoms with Crippen LogP contribution in [0.5, 0.6) is 5.75 Å². The highest BCUT2D eigenvalue weighted by Crippen LogP contribution is 2.22. The van der Waals surface area contributed by atoms with Gasteiger partial charge in [0.05, 0.1) is 7.11 Å². The molecule has 0 radical (unpaired) electrons. The molecule has 1 heterocycles. The summed E-state index contributed by atoms with van der Waals surface area (Å²) in [6, 6.07) is 7.34. The molecule has 0 spiro atoms.